The highest BCUT2D eigenvalue weighted by molar-refractivity contribution is 9.10. The second-order valence-electron chi connectivity index (χ2n) is 3.75. The lowest BCUT2D eigenvalue weighted by Crippen LogP contribution is -2.05. The number of para-hydroxylation sites is 1. The minimum Gasteiger partial charge on any atom is -0.438 e. The van der Waals surface area contributed by atoms with E-state index in [2.05, 4.69) is 20.9 Å². The Hall–Kier alpha value is -1.39. The third-order valence-corrected chi connectivity index (χ3v) is 2.99. The summed E-state index contributed by atoms with van der Waals surface area (Å²) >= 11 is 3.42. The first-order chi connectivity index (χ1) is 8.16. The number of ether oxygens (including phenoxy) is 1. The van der Waals surface area contributed by atoms with Crippen molar-refractivity contribution in [3.05, 3.63) is 52.6 Å². The Morgan fingerprint density at radius 2 is 2.00 bits per heavy atom. The molecule has 2 N–H and O–H groups in total. The lowest BCUT2D eigenvalue weighted by atomic mass is 10.2. The smallest absolute Gasteiger partial charge is 0.219 e. The van der Waals surface area contributed by atoms with Gasteiger partial charge in [-0.3, -0.25) is 0 Å². The highest BCUT2D eigenvalue weighted by Gasteiger charge is 2.04. The van der Waals surface area contributed by atoms with Crippen molar-refractivity contribution in [2.75, 3.05) is 0 Å². The van der Waals surface area contributed by atoms with E-state index in [1.54, 1.807) is 6.20 Å². The zero-order valence-electron chi connectivity index (χ0n) is 9.43. The van der Waals surface area contributed by atoms with Crippen molar-refractivity contribution in [1.29, 1.82) is 0 Å². The van der Waals surface area contributed by atoms with Gasteiger partial charge in [0.25, 0.3) is 0 Å². The zero-order chi connectivity index (χ0) is 12.3. The van der Waals surface area contributed by atoms with Crippen molar-refractivity contribution in [3.63, 3.8) is 0 Å². The normalized spacial score (nSPS) is 12.2. The van der Waals surface area contributed by atoms with Crippen LogP contribution in [0, 0.1) is 0 Å². The van der Waals surface area contributed by atoms with E-state index in [0.717, 1.165) is 15.8 Å². The van der Waals surface area contributed by atoms with Gasteiger partial charge in [0.1, 0.15) is 5.75 Å². The molecule has 0 unspecified atom stereocenters. The van der Waals surface area contributed by atoms with Crippen LogP contribution >= 0.6 is 15.9 Å². The molecule has 88 valence electrons. The fourth-order valence-electron chi connectivity index (χ4n) is 1.36. The summed E-state index contributed by atoms with van der Waals surface area (Å²) in [5.41, 5.74) is 6.74. The highest BCUT2D eigenvalue weighted by atomic mass is 79.9. The summed E-state index contributed by atoms with van der Waals surface area (Å²) in [6, 6.07) is 11.4. The fourth-order valence-corrected chi connectivity index (χ4v) is 1.73. The van der Waals surface area contributed by atoms with E-state index in [1.165, 1.54) is 0 Å². The number of pyridine rings is 1. The molecule has 3 nitrogen and oxygen atoms in total. The van der Waals surface area contributed by atoms with Gasteiger partial charge in [0.05, 0.1) is 4.47 Å². The summed E-state index contributed by atoms with van der Waals surface area (Å²) in [4.78, 5) is 4.21. The number of benzene rings is 1. The Kier molecular flexibility index (Phi) is 3.76. The summed E-state index contributed by atoms with van der Waals surface area (Å²) in [5.74, 6) is 1.30. The van der Waals surface area contributed by atoms with E-state index in [1.807, 2.05) is 43.3 Å². The van der Waals surface area contributed by atoms with Crippen LogP contribution in [0.1, 0.15) is 18.5 Å². The zero-order valence-corrected chi connectivity index (χ0v) is 11.0. The van der Waals surface area contributed by atoms with Gasteiger partial charge in [0.15, 0.2) is 0 Å². The first-order valence-corrected chi connectivity index (χ1v) is 6.10. The van der Waals surface area contributed by atoms with Crippen LogP contribution < -0.4 is 10.5 Å². The van der Waals surface area contributed by atoms with Crippen LogP contribution in [-0.2, 0) is 0 Å². The third-order valence-electron chi connectivity index (χ3n) is 2.34. The number of rotatable bonds is 3. The monoisotopic (exact) mass is 292 g/mol. The van der Waals surface area contributed by atoms with Crippen molar-refractivity contribution < 1.29 is 4.74 Å². The number of nitrogens with two attached hydrogens (primary N) is 1. The summed E-state index contributed by atoms with van der Waals surface area (Å²) in [5, 5.41) is 0. The second kappa shape index (κ2) is 5.29. The maximum absolute atomic E-state index is 5.75. The van der Waals surface area contributed by atoms with Gasteiger partial charge in [-0.15, -0.1) is 0 Å². The van der Waals surface area contributed by atoms with Crippen LogP contribution in [0.2, 0.25) is 0 Å². The molecule has 1 atom stereocenters. The highest BCUT2D eigenvalue weighted by Crippen LogP contribution is 2.28. The molecule has 1 aromatic heterocycles. The lowest BCUT2D eigenvalue weighted by molar-refractivity contribution is 0.459. The first kappa shape index (κ1) is 12.1. The van der Waals surface area contributed by atoms with Crippen LogP contribution in [0.25, 0.3) is 0 Å². The van der Waals surface area contributed by atoms with E-state index >= 15 is 0 Å². The summed E-state index contributed by atoms with van der Waals surface area (Å²) < 4.78 is 6.55. The summed E-state index contributed by atoms with van der Waals surface area (Å²) in [7, 11) is 0. The van der Waals surface area contributed by atoms with Crippen molar-refractivity contribution in [1.82, 2.24) is 4.98 Å². The van der Waals surface area contributed by atoms with E-state index in [9.17, 15) is 0 Å². The molecule has 0 bridgehead atoms. The molecule has 0 saturated heterocycles. The minimum atomic E-state index is -0.0139. The van der Waals surface area contributed by atoms with Crippen molar-refractivity contribution in [2.24, 2.45) is 5.73 Å². The molecule has 0 spiro atoms. The average Bonchev–Trinajstić information content (AvgIpc) is 2.33. The van der Waals surface area contributed by atoms with Crippen LogP contribution in [0.4, 0.5) is 0 Å². The van der Waals surface area contributed by atoms with Crippen molar-refractivity contribution in [2.45, 2.75) is 13.0 Å². The molecule has 17 heavy (non-hydrogen) atoms. The van der Waals surface area contributed by atoms with Crippen LogP contribution in [0.15, 0.2) is 47.1 Å². The molecule has 1 heterocycles. The Bertz CT molecular complexity index is 497. The van der Waals surface area contributed by atoms with Gasteiger partial charge < -0.3 is 10.5 Å². The quantitative estimate of drug-likeness (QED) is 0.939. The maximum atomic E-state index is 5.75. The molecule has 4 heteroatoms. The molecule has 0 aliphatic carbocycles. The number of aromatic nitrogens is 1. The molecular weight excluding hydrogens is 280 g/mol. The lowest BCUT2D eigenvalue weighted by Gasteiger charge is -2.08. The van der Waals surface area contributed by atoms with Gasteiger partial charge >= 0.3 is 0 Å². The van der Waals surface area contributed by atoms with Gasteiger partial charge in [-0.05, 0) is 40.5 Å². The van der Waals surface area contributed by atoms with Crippen molar-refractivity contribution in [3.8, 4) is 11.6 Å². The molecular formula is C13H13BrN2O. The first-order valence-electron chi connectivity index (χ1n) is 5.31. The van der Waals surface area contributed by atoms with E-state index in [0.29, 0.717) is 5.88 Å². The number of halogens is 1. The van der Waals surface area contributed by atoms with E-state index in [-0.39, 0.29) is 6.04 Å². The van der Waals surface area contributed by atoms with Gasteiger partial charge in [0.2, 0.25) is 5.88 Å². The van der Waals surface area contributed by atoms with Crippen LogP contribution in [0.3, 0.4) is 0 Å². The molecule has 1 aromatic carbocycles. The van der Waals surface area contributed by atoms with Crippen LogP contribution in [-0.4, -0.2) is 4.98 Å². The average molecular weight is 293 g/mol. The predicted octanol–water partition coefficient (Wildman–Crippen LogP) is 3.66. The standard InChI is InChI=1S/C13H13BrN2O/c1-9(15)10-6-7-13(16-8-10)17-12-5-3-2-4-11(12)14/h2-9H,15H2,1H3/t9-/m0/s1. The maximum Gasteiger partial charge on any atom is 0.219 e. The predicted molar refractivity (Wildman–Crippen MR) is 71.1 cm³/mol. The van der Waals surface area contributed by atoms with Crippen molar-refractivity contribution >= 4 is 15.9 Å². The second-order valence-corrected chi connectivity index (χ2v) is 4.61. The third kappa shape index (κ3) is 3.05. The number of nitrogens with zero attached hydrogens (tertiary/aromatic N) is 1. The largest absolute Gasteiger partial charge is 0.438 e. The number of hydrogen-bond acceptors (Lipinski definition) is 3. The van der Waals surface area contributed by atoms with E-state index < -0.39 is 0 Å². The summed E-state index contributed by atoms with van der Waals surface area (Å²) in [6.45, 7) is 1.92. The van der Waals surface area contributed by atoms with Gasteiger partial charge in [-0.25, -0.2) is 4.98 Å². The molecule has 2 rings (SSSR count). The molecule has 0 radical (unpaired) electrons. The molecule has 2 aromatic rings. The Balaban J connectivity index is 2.17. The topological polar surface area (TPSA) is 48.1 Å². The fraction of sp³-hybridized carbons (Fsp3) is 0.154. The number of hydrogen-bond donors (Lipinski definition) is 1. The molecule has 0 aliphatic rings. The Morgan fingerprint density at radius 1 is 1.24 bits per heavy atom. The Labute approximate surface area is 109 Å². The molecule has 0 amide bonds. The van der Waals surface area contributed by atoms with Gasteiger partial charge in [-0.2, -0.15) is 0 Å². The molecule has 0 fully saturated rings. The molecule has 0 aliphatic heterocycles. The van der Waals surface area contributed by atoms with Crippen LogP contribution in [0.5, 0.6) is 11.6 Å². The van der Waals surface area contributed by atoms with Gasteiger partial charge in [-0.1, -0.05) is 18.2 Å². The summed E-state index contributed by atoms with van der Waals surface area (Å²) in [6.07, 6.45) is 1.73. The van der Waals surface area contributed by atoms with E-state index in [4.69, 9.17) is 10.5 Å². The SMILES string of the molecule is C[C@H](N)c1ccc(Oc2ccccc2Br)nc1. The minimum absolute atomic E-state index is 0.0139. The Morgan fingerprint density at radius 3 is 2.59 bits per heavy atom. The van der Waals surface area contributed by atoms with Gasteiger partial charge in [0, 0.05) is 18.3 Å². The molecule has 0 saturated carbocycles.